The fraction of sp³-hybridized carbons (Fsp3) is 0.0833. The van der Waals surface area contributed by atoms with Crippen molar-refractivity contribution in [1.29, 1.82) is 0 Å². The van der Waals surface area contributed by atoms with E-state index < -0.39 is 5.97 Å². The molecular weight excluding hydrogens is 232 g/mol. The number of fused-ring (bicyclic) bond motifs is 1. The fourth-order valence-corrected chi connectivity index (χ4v) is 1.66. The molecule has 0 radical (unpaired) electrons. The van der Waals surface area contributed by atoms with Gasteiger partial charge in [0.15, 0.2) is 0 Å². The average Bonchev–Trinajstić information content (AvgIpc) is 2.86. The number of benzene rings is 1. The normalized spacial score (nSPS) is 11.1. The van der Waals surface area contributed by atoms with Crippen molar-refractivity contribution >= 4 is 22.9 Å². The Morgan fingerprint density at radius 3 is 3.06 bits per heavy atom. The topological polar surface area (TPSA) is 90.9 Å². The van der Waals surface area contributed by atoms with Crippen LogP contribution in [0.2, 0.25) is 0 Å². The van der Waals surface area contributed by atoms with E-state index in [0.29, 0.717) is 0 Å². The summed E-state index contributed by atoms with van der Waals surface area (Å²) in [6.07, 6.45) is 3.30. The molecule has 90 valence electrons. The van der Waals surface area contributed by atoms with E-state index in [2.05, 4.69) is 19.7 Å². The largest absolute Gasteiger partial charge is 0.466 e. The second kappa shape index (κ2) is 5.07. The van der Waals surface area contributed by atoms with E-state index in [4.69, 9.17) is 5.53 Å². The molecule has 0 amide bonds. The maximum Gasteiger partial charge on any atom is 0.340 e. The van der Waals surface area contributed by atoms with E-state index >= 15 is 0 Å². The highest BCUT2D eigenvalue weighted by molar-refractivity contribution is 5.97. The number of rotatable bonds is 3. The summed E-state index contributed by atoms with van der Waals surface area (Å²) in [6, 6.07) is 7.46. The maximum atomic E-state index is 11.4. The zero-order chi connectivity index (χ0) is 13.0. The van der Waals surface area contributed by atoms with Gasteiger partial charge in [-0.15, -0.1) is 0 Å². The minimum Gasteiger partial charge on any atom is -0.466 e. The van der Waals surface area contributed by atoms with Gasteiger partial charge in [0.1, 0.15) is 5.70 Å². The first-order valence-electron chi connectivity index (χ1n) is 5.17. The molecule has 1 N–H and O–H groups in total. The van der Waals surface area contributed by atoms with E-state index in [1.165, 1.54) is 13.2 Å². The van der Waals surface area contributed by atoms with Gasteiger partial charge in [-0.2, -0.15) is 0 Å². The molecule has 6 heteroatoms. The van der Waals surface area contributed by atoms with Gasteiger partial charge in [-0.1, -0.05) is 17.2 Å². The lowest BCUT2D eigenvalue weighted by Gasteiger charge is -2.00. The van der Waals surface area contributed by atoms with Gasteiger partial charge in [0.25, 0.3) is 0 Å². The molecule has 2 rings (SSSR count). The van der Waals surface area contributed by atoms with Crippen LogP contribution >= 0.6 is 0 Å². The maximum absolute atomic E-state index is 11.4. The predicted octanol–water partition coefficient (Wildman–Crippen LogP) is 2.99. The number of carbonyl (C=O) groups is 1. The third-order valence-corrected chi connectivity index (χ3v) is 2.47. The van der Waals surface area contributed by atoms with Crippen molar-refractivity contribution in [2.24, 2.45) is 5.11 Å². The molecule has 0 saturated carbocycles. The molecule has 0 fully saturated rings. The summed E-state index contributed by atoms with van der Waals surface area (Å²) in [7, 11) is 1.24. The van der Waals surface area contributed by atoms with Crippen molar-refractivity contribution in [1.82, 2.24) is 4.98 Å². The lowest BCUT2D eigenvalue weighted by atomic mass is 10.1. The Morgan fingerprint density at radius 2 is 2.33 bits per heavy atom. The van der Waals surface area contributed by atoms with Crippen molar-refractivity contribution in [3.8, 4) is 0 Å². The lowest BCUT2D eigenvalue weighted by molar-refractivity contribution is -0.136. The summed E-state index contributed by atoms with van der Waals surface area (Å²) < 4.78 is 4.55. The Hall–Kier alpha value is -2.72. The molecule has 1 heterocycles. The number of carbonyl (C=O) groups excluding carboxylic acids is 1. The standard InChI is InChI=1S/C12H10N4O2/c1-18-12(17)11(15-16-13)7-8-3-2-4-10-9(8)5-6-14-10/h2-7,14H,1H3/b11-7-. The number of hydrogen-bond donors (Lipinski definition) is 1. The number of hydrogen-bond acceptors (Lipinski definition) is 3. The van der Waals surface area contributed by atoms with Crippen LogP contribution in [0.1, 0.15) is 5.56 Å². The second-order valence-corrected chi connectivity index (χ2v) is 3.50. The monoisotopic (exact) mass is 242 g/mol. The molecule has 2 aromatic rings. The molecule has 0 aliphatic carbocycles. The molecule has 1 aromatic carbocycles. The average molecular weight is 242 g/mol. The Morgan fingerprint density at radius 1 is 1.50 bits per heavy atom. The first-order chi connectivity index (χ1) is 8.76. The smallest absolute Gasteiger partial charge is 0.340 e. The van der Waals surface area contributed by atoms with Gasteiger partial charge in [-0.3, -0.25) is 0 Å². The van der Waals surface area contributed by atoms with Crippen LogP contribution in [0.3, 0.4) is 0 Å². The third kappa shape index (κ3) is 2.18. The molecule has 0 saturated heterocycles. The van der Waals surface area contributed by atoms with E-state index in [1.54, 1.807) is 6.20 Å². The van der Waals surface area contributed by atoms with E-state index in [-0.39, 0.29) is 5.70 Å². The molecule has 1 aromatic heterocycles. The Bertz CT molecular complexity index is 666. The minimum atomic E-state index is -0.666. The summed E-state index contributed by atoms with van der Waals surface area (Å²) >= 11 is 0. The molecule has 0 aliphatic rings. The Balaban J connectivity index is 2.56. The zero-order valence-corrected chi connectivity index (χ0v) is 9.62. The number of methoxy groups -OCH3 is 1. The van der Waals surface area contributed by atoms with Crippen LogP contribution in [0.25, 0.3) is 27.4 Å². The Kier molecular flexibility index (Phi) is 3.31. The number of azide groups is 1. The quantitative estimate of drug-likeness (QED) is 0.294. The summed E-state index contributed by atoms with van der Waals surface area (Å²) in [6.45, 7) is 0. The van der Waals surface area contributed by atoms with Crippen molar-refractivity contribution in [2.45, 2.75) is 0 Å². The van der Waals surface area contributed by atoms with Gasteiger partial charge in [0, 0.05) is 22.0 Å². The number of nitrogens with one attached hydrogen (secondary N) is 1. The minimum absolute atomic E-state index is 0.0753. The SMILES string of the molecule is COC(=O)/C(=C/c1cccc2[nH]ccc12)N=[N+]=[N-]. The number of nitrogens with zero attached hydrogens (tertiary/aromatic N) is 3. The molecule has 0 aliphatic heterocycles. The fourth-order valence-electron chi connectivity index (χ4n) is 1.66. The molecular formula is C12H10N4O2. The molecule has 0 spiro atoms. The lowest BCUT2D eigenvalue weighted by Crippen LogP contribution is -2.01. The molecule has 0 bridgehead atoms. The summed E-state index contributed by atoms with van der Waals surface area (Å²) in [4.78, 5) is 17.1. The van der Waals surface area contributed by atoms with Crippen LogP contribution in [-0.2, 0) is 9.53 Å². The molecule has 0 atom stereocenters. The number of aromatic amines is 1. The van der Waals surface area contributed by atoms with Gasteiger partial charge in [-0.05, 0) is 29.3 Å². The first kappa shape index (κ1) is 11.8. The zero-order valence-electron chi connectivity index (χ0n) is 9.62. The molecule has 6 nitrogen and oxygen atoms in total. The van der Waals surface area contributed by atoms with Gasteiger partial charge >= 0.3 is 5.97 Å². The van der Waals surface area contributed by atoms with Crippen molar-refractivity contribution in [3.63, 3.8) is 0 Å². The number of aromatic nitrogens is 1. The van der Waals surface area contributed by atoms with Gasteiger partial charge in [0.05, 0.1) is 7.11 Å². The van der Waals surface area contributed by atoms with Gasteiger partial charge < -0.3 is 9.72 Å². The molecule has 18 heavy (non-hydrogen) atoms. The summed E-state index contributed by atoms with van der Waals surface area (Å²) in [5.41, 5.74) is 10.1. The summed E-state index contributed by atoms with van der Waals surface area (Å²) in [5, 5.41) is 4.28. The highest BCUT2D eigenvalue weighted by Crippen LogP contribution is 2.20. The number of ether oxygens (including phenoxy) is 1. The van der Waals surface area contributed by atoms with E-state index in [0.717, 1.165) is 16.5 Å². The van der Waals surface area contributed by atoms with Crippen LogP contribution in [0.5, 0.6) is 0 Å². The number of H-pyrrole nitrogens is 1. The van der Waals surface area contributed by atoms with Crippen LogP contribution in [0, 0.1) is 0 Å². The molecule has 0 unspecified atom stereocenters. The van der Waals surface area contributed by atoms with Crippen molar-refractivity contribution < 1.29 is 9.53 Å². The first-order valence-corrected chi connectivity index (χ1v) is 5.17. The third-order valence-electron chi connectivity index (χ3n) is 2.47. The highest BCUT2D eigenvalue weighted by atomic mass is 16.5. The Labute approximate surface area is 103 Å². The second-order valence-electron chi connectivity index (χ2n) is 3.50. The van der Waals surface area contributed by atoms with Crippen molar-refractivity contribution in [2.75, 3.05) is 7.11 Å². The van der Waals surface area contributed by atoms with E-state index in [9.17, 15) is 4.79 Å². The predicted molar refractivity (Wildman–Crippen MR) is 67.4 cm³/mol. The van der Waals surface area contributed by atoms with Crippen LogP contribution in [0.15, 0.2) is 41.3 Å². The van der Waals surface area contributed by atoms with Gasteiger partial charge in [-0.25, -0.2) is 4.79 Å². The summed E-state index contributed by atoms with van der Waals surface area (Å²) in [5.74, 6) is -0.666. The number of esters is 1. The van der Waals surface area contributed by atoms with Crippen molar-refractivity contribution in [3.05, 3.63) is 52.2 Å². The van der Waals surface area contributed by atoms with Crippen LogP contribution < -0.4 is 0 Å². The van der Waals surface area contributed by atoms with Gasteiger partial charge in [0.2, 0.25) is 0 Å². The van der Waals surface area contributed by atoms with Crippen LogP contribution in [-0.4, -0.2) is 18.1 Å². The van der Waals surface area contributed by atoms with Crippen LogP contribution in [0.4, 0.5) is 0 Å². The highest BCUT2D eigenvalue weighted by Gasteiger charge is 2.08. The van der Waals surface area contributed by atoms with E-state index in [1.807, 2.05) is 24.3 Å².